The Bertz CT molecular complexity index is 686. The second-order valence-electron chi connectivity index (χ2n) is 5.03. The highest BCUT2D eigenvalue weighted by atomic mass is 35.5. The summed E-state index contributed by atoms with van der Waals surface area (Å²) in [7, 11) is 0. The standard InChI is InChI=1S/C15H17FN4O.ClH/c1-2-20-9-11(8-18-20)15(21)19-13-4-3-10-7-17-6-5-12(10)14(13)16;/h3-4,8-9,17H,2,5-7H2,1H3,(H,19,21);1H. The van der Waals surface area contributed by atoms with Crippen molar-refractivity contribution in [3.63, 3.8) is 0 Å². The number of halogens is 2. The first-order chi connectivity index (χ1) is 10.2. The van der Waals surface area contributed by atoms with E-state index in [1.54, 1.807) is 16.9 Å². The lowest BCUT2D eigenvalue weighted by atomic mass is 9.99. The van der Waals surface area contributed by atoms with Crippen molar-refractivity contribution in [3.8, 4) is 0 Å². The van der Waals surface area contributed by atoms with E-state index in [0.717, 1.165) is 12.1 Å². The van der Waals surface area contributed by atoms with Gasteiger partial charge in [-0.25, -0.2) is 4.39 Å². The van der Waals surface area contributed by atoms with Crippen molar-refractivity contribution in [2.24, 2.45) is 0 Å². The first-order valence-corrected chi connectivity index (χ1v) is 7.04. The van der Waals surface area contributed by atoms with Crippen LogP contribution in [-0.4, -0.2) is 22.2 Å². The zero-order valence-electron chi connectivity index (χ0n) is 12.2. The normalized spacial score (nSPS) is 13.2. The lowest BCUT2D eigenvalue weighted by Gasteiger charge is -2.19. The van der Waals surface area contributed by atoms with Crippen LogP contribution in [0.2, 0.25) is 0 Å². The van der Waals surface area contributed by atoms with E-state index in [9.17, 15) is 9.18 Å². The highest BCUT2D eigenvalue weighted by molar-refractivity contribution is 6.04. The molecule has 0 radical (unpaired) electrons. The number of benzene rings is 1. The quantitative estimate of drug-likeness (QED) is 0.911. The summed E-state index contributed by atoms with van der Waals surface area (Å²) in [6.45, 7) is 4.05. The molecule has 118 valence electrons. The number of anilines is 1. The fourth-order valence-electron chi connectivity index (χ4n) is 2.48. The predicted octanol–water partition coefficient (Wildman–Crippen LogP) is 2.36. The number of carbonyl (C=O) groups excluding carboxylic acids is 1. The van der Waals surface area contributed by atoms with Gasteiger partial charge >= 0.3 is 0 Å². The SMILES string of the molecule is CCn1cc(C(=O)Nc2ccc3c(c2F)CCNC3)cn1.Cl. The molecular weight excluding hydrogens is 307 g/mol. The van der Waals surface area contributed by atoms with Gasteiger partial charge in [-0.2, -0.15) is 5.10 Å². The van der Waals surface area contributed by atoms with E-state index in [0.29, 0.717) is 30.6 Å². The van der Waals surface area contributed by atoms with Crippen molar-refractivity contribution < 1.29 is 9.18 Å². The first-order valence-electron chi connectivity index (χ1n) is 7.04. The van der Waals surface area contributed by atoms with Gasteiger partial charge < -0.3 is 10.6 Å². The molecular formula is C15H18ClFN4O. The topological polar surface area (TPSA) is 59.0 Å². The molecule has 1 aromatic carbocycles. The van der Waals surface area contributed by atoms with E-state index < -0.39 is 0 Å². The molecule has 2 aromatic rings. The zero-order valence-corrected chi connectivity index (χ0v) is 13.0. The Morgan fingerprint density at radius 1 is 1.50 bits per heavy atom. The molecule has 0 fully saturated rings. The van der Waals surface area contributed by atoms with E-state index in [4.69, 9.17) is 0 Å². The van der Waals surface area contributed by atoms with Crippen LogP contribution in [0.3, 0.4) is 0 Å². The maximum absolute atomic E-state index is 14.4. The van der Waals surface area contributed by atoms with E-state index >= 15 is 0 Å². The van der Waals surface area contributed by atoms with Gasteiger partial charge in [-0.15, -0.1) is 12.4 Å². The van der Waals surface area contributed by atoms with Crippen LogP contribution in [0.1, 0.15) is 28.4 Å². The summed E-state index contributed by atoms with van der Waals surface area (Å²) in [6, 6.07) is 3.47. The average Bonchev–Trinajstić information content (AvgIpc) is 2.99. The summed E-state index contributed by atoms with van der Waals surface area (Å²) in [5.74, 6) is -0.673. The number of nitrogens with one attached hydrogen (secondary N) is 2. The highest BCUT2D eigenvalue weighted by Gasteiger charge is 2.18. The molecule has 0 spiro atoms. The van der Waals surface area contributed by atoms with Crippen LogP contribution in [0.25, 0.3) is 0 Å². The Hall–Kier alpha value is -1.92. The lowest BCUT2D eigenvalue weighted by molar-refractivity contribution is 0.102. The minimum atomic E-state index is -0.345. The minimum Gasteiger partial charge on any atom is -0.319 e. The van der Waals surface area contributed by atoms with E-state index in [2.05, 4.69) is 15.7 Å². The van der Waals surface area contributed by atoms with Crippen LogP contribution in [0.15, 0.2) is 24.5 Å². The molecule has 7 heteroatoms. The van der Waals surface area contributed by atoms with Crippen molar-refractivity contribution in [1.82, 2.24) is 15.1 Å². The van der Waals surface area contributed by atoms with Gasteiger partial charge in [-0.05, 0) is 37.1 Å². The van der Waals surface area contributed by atoms with Crippen molar-refractivity contribution in [1.29, 1.82) is 0 Å². The summed E-state index contributed by atoms with van der Waals surface area (Å²) in [5, 5.41) is 9.87. The van der Waals surface area contributed by atoms with Gasteiger partial charge in [0.15, 0.2) is 0 Å². The largest absolute Gasteiger partial charge is 0.319 e. The van der Waals surface area contributed by atoms with Gasteiger partial charge in [-0.1, -0.05) is 6.07 Å². The third-order valence-electron chi connectivity index (χ3n) is 3.68. The molecule has 2 heterocycles. The molecule has 22 heavy (non-hydrogen) atoms. The van der Waals surface area contributed by atoms with Gasteiger partial charge in [0.1, 0.15) is 5.82 Å². The first kappa shape index (κ1) is 16.5. The molecule has 1 aliphatic rings. The zero-order chi connectivity index (χ0) is 14.8. The van der Waals surface area contributed by atoms with E-state index in [-0.39, 0.29) is 29.8 Å². The second-order valence-corrected chi connectivity index (χ2v) is 5.03. The van der Waals surface area contributed by atoms with Crippen LogP contribution in [0, 0.1) is 5.82 Å². The van der Waals surface area contributed by atoms with Gasteiger partial charge in [-0.3, -0.25) is 9.48 Å². The van der Waals surface area contributed by atoms with Crippen molar-refractivity contribution >= 4 is 24.0 Å². The van der Waals surface area contributed by atoms with E-state index in [1.807, 2.05) is 13.0 Å². The fraction of sp³-hybridized carbons (Fsp3) is 0.333. The van der Waals surface area contributed by atoms with Crippen LogP contribution >= 0.6 is 12.4 Å². The van der Waals surface area contributed by atoms with Crippen LogP contribution in [-0.2, 0) is 19.5 Å². The Morgan fingerprint density at radius 3 is 3.05 bits per heavy atom. The molecule has 0 bridgehead atoms. The molecule has 1 aliphatic heterocycles. The summed E-state index contributed by atoms with van der Waals surface area (Å²) in [4.78, 5) is 12.1. The molecule has 0 saturated carbocycles. The van der Waals surface area contributed by atoms with E-state index in [1.165, 1.54) is 6.20 Å². The summed E-state index contributed by atoms with van der Waals surface area (Å²) < 4.78 is 16.1. The molecule has 0 atom stereocenters. The number of carbonyl (C=O) groups is 1. The van der Waals surface area contributed by atoms with Crippen molar-refractivity contribution in [3.05, 3.63) is 47.0 Å². The number of aryl methyl sites for hydroxylation is 1. The molecule has 5 nitrogen and oxygen atoms in total. The molecule has 0 aliphatic carbocycles. The Kier molecular flexibility index (Phi) is 5.15. The summed E-state index contributed by atoms with van der Waals surface area (Å²) >= 11 is 0. The van der Waals surface area contributed by atoms with Crippen LogP contribution in [0.5, 0.6) is 0 Å². The smallest absolute Gasteiger partial charge is 0.258 e. The second kappa shape index (κ2) is 6.89. The van der Waals surface area contributed by atoms with Gasteiger partial charge in [0.2, 0.25) is 0 Å². The third kappa shape index (κ3) is 3.13. The molecule has 2 N–H and O–H groups in total. The predicted molar refractivity (Wildman–Crippen MR) is 84.9 cm³/mol. The Labute approximate surface area is 134 Å². The maximum Gasteiger partial charge on any atom is 0.258 e. The highest BCUT2D eigenvalue weighted by Crippen LogP contribution is 2.24. The molecule has 1 amide bonds. The van der Waals surface area contributed by atoms with Gasteiger partial charge in [0.05, 0.1) is 17.4 Å². The third-order valence-corrected chi connectivity index (χ3v) is 3.68. The number of aromatic nitrogens is 2. The number of hydrogen-bond acceptors (Lipinski definition) is 3. The number of rotatable bonds is 3. The molecule has 0 unspecified atom stereocenters. The number of fused-ring (bicyclic) bond motifs is 1. The summed E-state index contributed by atoms with van der Waals surface area (Å²) in [6.07, 6.45) is 3.77. The Morgan fingerprint density at radius 2 is 2.32 bits per heavy atom. The van der Waals surface area contributed by atoms with Crippen molar-refractivity contribution in [2.45, 2.75) is 26.4 Å². The monoisotopic (exact) mass is 324 g/mol. The minimum absolute atomic E-state index is 0. The fourth-order valence-corrected chi connectivity index (χ4v) is 2.48. The van der Waals surface area contributed by atoms with Gasteiger partial charge in [0.25, 0.3) is 5.91 Å². The Balaban J connectivity index is 0.00000176. The number of nitrogens with zero attached hydrogens (tertiary/aromatic N) is 2. The average molecular weight is 325 g/mol. The number of hydrogen-bond donors (Lipinski definition) is 2. The molecule has 3 rings (SSSR count). The summed E-state index contributed by atoms with van der Waals surface area (Å²) in [5.41, 5.74) is 2.30. The van der Waals surface area contributed by atoms with Crippen LogP contribution < -0.4 is 10.6 Å². The van der Waals surface area contributed by atoms with Gasteiger partial charge in [0, 0.05) is 19.3 Å². The molecule has 0 saturated heterocycles. The maximum atomic E-state index is 14.4. The van der Waals surface area contributed by atoms with Crippen molar-refractivity contribution in [2.75, 3.05) is 11.9 Å². The molecule has 1 aromatic heterocycles. The lowest BCUT2D eigenvalue weighted by Crippen LogP contribution is -2.25. The number of amides is 1. The van der Waals surface area contributed by atoms with Crippen LogP contribution in [0.4, 0.5) is 10.1 Å².